The lowest BCUT2D eigenvalue weighted by molar-refractivity contribution is 0.287. The highest BCUT2D eigenvalue weighted by molar-refractivity contribution is 7.80. The Kier molecular flexibility index (Phi) is 5.89. The molecule has 4 rings (SSSR count). The molecule has 5 heteroatoms. The molecule has 1 aliphatic rings. The lowest BCUT2D eigenvalue weighted by Gasteiger charge is -2.29. The van der Waals surface area contributed by atoms with E-state index in [1.54, 1.807) is 0 Å². The number of pyridine rings is 1. The average Bonchev–Trinajstić information content (AvgIpc) is 3.19. The Morgan fingerprint density at radius 2 is 1.74 bits per heavy atom. The van der Waals surface area contributed by atoms with Gasteiger partial charge in [-0.1, -0.05) is 38.1 Å². The first-order valence-corrected chi connectivity index (χ1v) is 11.4. The molecule has 4 nitrogen and oxygen atoms in total. The van der Waals surface area contributed by atoms with Crippen molar-refractivity contribution < 1.29 is 0 Å². The molecule has 0 aliphatic carbocycles. The van der Waals surface area contributed by atoms with Crippen LogP contribution in [0.25, 0.3) is 5.69 Å². The van der Waals surface area contributed by atoms with Gasteiger partial charge in [-0.05, 0) is 80.7 Å². The molecule has 0 bridgehead atoms. The van der Waals surface area contributed by atoms with Crippen LogP contribution in [0, 0.1) is 33.6 Å². The topological polar surface area (TPSA) is 33.1 Å². The molecule has 0 spiro atoms. The van der Waals surface area contributed by atoms with Gasteiger partial charge in [-0.3, -0.25) is 4.98 Å². The van der Waals surface area contributed by atoms with Gasteiger partial charge in [0.05, 0.1) is 23.5 Å². The van der Waals surface area contributed by atoms with Crippen LogP contribution in [0.3, 0.4) is 0 Å². The standard InChI is InChI=1S/C26H32N4S/c1-16(2)15-29-25(23(28-26(29)31)22-12-7-8-13-27-22)21-14-19(5)30(20(21)6)24-17(3)10-9-11-18(24)4/h7-14,16,23,25H,15H2,1-6H3,(H,28,31)/t23-,25+/m0/s1. The largest absolute Gasteiger partial charge is 0.352 e. The summed E-state index contributed by atoms with van der Waals surface area (Å²) in [6, 6.07) is 15.1. The first-order chi connectivity index (χ1) is 14.8. The minimum absolute atomic E-state index is 0.0272. The molecule has 31 heavy (non-hydrogen) atoms. The Morgan fingerprint density at radius 1 is 1.03 bits per heavy atom. The lowest BCUT2D eigenvalue weighted by atomic mass is 9.96. The number of aryl methyl sites for hydroxylation is 3. The minimum Gasteiger partial charge on any atom is -0.352 e. The Labute approximate surface area is 191 Å². The van der Waals surface area contributed by atoms with Gasteiger partial charge in [0.2, 0.25) is 0 Å². The summed E-state index contributed by atoms with van der Waals surface area (Å²) in [5.41, 5.74) is 8.69. The molecule has 0 unspecified atom stereocenters. The Hall–Kier alpha value is -2.66. The molecule has 162 valence electrons. The van der Waals surface area contributed by atoms with Gasteiger partial charge in [-0.25, -0.2) is 0 Å². The van der Waals surface area contributed by atoms with Crippen LogP contribution in [0.2, 0.25) is 0 Å². The number of aromatic nitrogens is 2. The predicted molar refractivity (Wildman–Crippen MR) is 132 cm³/mol. The highest BCUT2D eigenvalue weighted by Gasteiger charge is 2.41. The van der Waals surface area contributed by atoms with Gasteiger partial charge < -0.3 is 14.8 Å². The molecule has 0 saturated carbocycles. The summed E-state index contributed by atoms with van der Waals surface area (Å²) in [5, 5.41) is 4.39. The van der Waals surface area contributed by atoms with E-state index in [0.717, 1.165) is 17.4 Å². The molecule has 2 atom stereocenters. The van der Waals surface area contributed by atoms with E-state index in [0.29, 0.717) is 5.92 Å². The predicted octanol–water partition coefficient (Wildman–Crippen LogP) is 5.73. The maximum absolute atomic E-state index is 5.81. The maximum atomic E-state index is 5.81. The summed E-state index contributed by atoms with van der Waals surface area (Å²) in [6.07, 6.45) is 1.86. The third-order valence-corrected chi connectivity index (χ3v) is 6.56. The van der Waals surface area contributed by atoms with E-state index in [-0.39, 0.29) is 12.1 Å². The fraction of sp³-hybridized carbons (Fsp3) is 0.385. The molecule has 1 aromatic carbocycles. The highest BCUT2D eigenvalue weighted by Crippen LogP contribution is 2.42. The van der Waals surface area contributed by atoms with Crippen LogP contribution < -0.4 is 5.32 Å². The number of benzene rings is 1. The van der Waals surface area contributed by atoms with E-state index >= 15 is 0 Å². The van der Waals surface area contributed by atoms with E-state index in [1.807, 2.05) is 12.3 Å². The Balaban J connectivity index is 1.88. The van der Waals surface area contributed by atoms with Crippen molar-refractivity contribution in [2.24, 2.45) is 5.92 Å². The molecule has 2 aromatic heterocycles. The molecule has 0 radical (unpaired) electrons. The lowest BCUT2D eigenvalue weighted by Crippen LogP contribution is -2.33. The van der Waals surface area contributed by atoms with Crippen LogP contribution in [0.15, 0.2) is 48.7 Å². The zero-order valence-electron chi connectivity index (χ0n) is 19.3. The van der Waals surface area contributed by atoms with E-state index < -0.39 is 0 Å². The highest BCUT2D eigenvalue weighted by atomic mass is 32.1. The van der Waals surface area contributed by atoms with E-state index in [2.05, 4.69) is 97.7 Å². The third kappa shape index (κ3) is 3.87. The van der Waals surface area contributed by atoms with Crippen LogP contribution in [-0.4, -0.2) is 26.1 Å². The van der Waals surface area contributed by atoms with Crippen molar-refractivity contribution in [1.82, 2.24) is 19.8 Å². The summed E-state index contributed by atoms with van der Waals surface area (Å²) in [4.78, 5) is 7.03. The van der Waals surface area contributed by atoms with E-state index in [1.165, 1.54) is 33.8 Å². The molecular weight excluding hydrogens is 400 g/mol. The zero-order valence-corrected chi connectivity index (χ0v) is 20.1. The van der Waals surface area contributed by atoms with Crippen LogP contribution >= 0.6 is 12.2 Å². The molecule has 1 saturated heterocycles. The number of para-hydroxylation sites is 1. The molecule has 3 heterocycles. The number of hydrogen-bond acceptors (Lipinski definition) is 2. The van der Waals surface area contributed by atoms with Gasteiger partial charge >= 0.3 is 0 Å². The maximum Gasteiger partial charge on any atom is 0.170 e. The quantitative estimate of drug-likeness (QED) is 0.522. The van der Waals surface area contributed by atoms with Crippen molar-refractivity contribution in [3.8, 4) is 5.69 Å². The van der Waals surface area contributed by atoms with Gasteiger partial charge in [0.25, 0.3) is 0 Å². The number of nitrogens with one attached hydrogen (secondary N) is 1. The third-order valence-electron chi connectivity index (χ3n) is 6.21. The molecule has 1 N–H and O–H groups in total. The van der Waals surface area contributed by atoms with Gasteiger partial charge in [0.15, 0.2) is 5.11 Å². The SMILES string of the molecule is Cc1cccc(C)c1-n1c(C)cc([C@@H]2[C@H](c3ccccn3)NC(=S)N2CC(C)C)c1C. The van der Waals surface area contributed by atoms with Crippen molar-refractivity contribution in [2.45, 2.75) is 53.6 Å². The van der Waals surface area contributed by atoms with Crippen LogP contribution in [0.4, 0.5) is 0 Å². The Morgan fingerprint density at radius 3 is 2.35 bits per heavy atom. The van der Waals surface area contributed by atoms with Crippen molar-refractivity contribution in [3.63, 3.8) is 0 Å². The molecule has 0 amide bonds. The molecule has 1 aliphatic heterocycles. The van der Waals surface area contributed by atoms with Gasteiger partial charge in [-0.15, -0.1) is 0 Å². The summed E-state index contributed by atoms with van der Waals surface area (Å²) in [6.45, 7) is 14.2. The van der Waals surface area contributed by atoms with Gasteiger partial charge in [0.1, 0.15) is 0 Å². The first-order valence-electron chi connectivity index (χ1n) is 11.0. The fourth-order valence-electron chi connectivity index (χ4n) is 4.92. The number of rotatable bonds is 5. The summed E-state index contributed by atoms with van der Waals surface area (Å²) < 4.78 is 2.41. The minimum atomic E-state index is 0.0272. The van der Waals surface area contributed by atoms with Crippen LogP contribution in [-0.2, 0) is 0 Å². The second kappa shape index (κ2) is 8.46. The van der Waals surface area contributed by atoms with Gasteiger partial charge in [0, 0.05) is 24.1 Å². The second-order valence-electron chi connectivity index (χ2n) is 9.08. The van der Waals surface area contributed by atoms with Crippen molar-refractivity contribution in [2.75, 3.05) is 6.54 Å². The number of thiocarbonyl (C=S) groups is 1. The van der Waals surface area contributed by atoms with Gasteiger partial charge in [-0.2, -0.15) is 0 Å². The number of nitrogens with zero attached hydrogens (tertiary/aromatic N) is 3. The van der Waals surface area contributed by atoms with Crippen LogP contribution in [0.1, 0.15) is 59.7 Å². The normalized spacial score (nSPS) is 18.7. The number of hydrogen-bond donors (Lipinski definition) is 1. The smallest absolute Gasteiger partial charge is 0.170 e. The van der Waals surface area contributed by atoms with Crippen molar-refractivity contribution in [1.29, 1.82) is 0 Å². The van der Waals surface area contributed by atoms with E-state index in [9.17, 15) is 0 Å². The van der Waals surface area contributed by atoms with E-state index in [4.69, 9.17) is 12.2 Å². The Bertz CT molecular complexity index is 1080. The summed E-state index contributed by atoms with van der Waals surface area (Å²) >= 11 is 5.81. The average molecular weight is 433 g/mol. The van der Waals surface area contributed by atoms with Crippen molar-refractivity contribution >= 4 is 17.3 Å². The molecule has 3 aromatic rings. The van der Waals surface area contributed by atoms with Crippen LogP contribution in [0.5, 0.6) is 0 Å². The fourth-order valence-corrected chi connectivity index (χ4v) is 5.24. The summed E-state index contributed by atoms with van der Waals surface area (Å²) in [7, 11) is 0. The first kappa shape index (κ1) is 21.6. The summed E-state index contributed by atoms with van der Waals surface area (Å²) in [5.74, 6) is 0.506. The van der Waals surface area contributed by atoms with Crippen molar-refractivity contribution in [3.05, 3.63) is 82.4 Å². The molecule has 1 fully saturated rings. The monoisotopic (exact) mass is 432 g/mol. The zero-order chi connectivity index (χ0) is 22.3. The molecular formula is C26H32N4S. The second-order valence-corrected chi connectivity index (χ2v) is 9.46.